The van der Waals surface area contributed by atoms with E-state index in [0.29, 0.717) is 32.5 Å². The minimum atomic E-state index is -1.50. The number of aliphatic hydroxyl groups excluding tert-OH is 1. The lowest BCUT2D eigenvalue weighted by atomic mass is 9.74. The Morgan fingerprint density at radius 1 is 1.13 bits per heavy atom. The molecule has 0 aromatic carbocycles. The van der Waals surface area contributed by atoms with Crippen molar-refractivity contribution in [3.05, 3.63) is 0 Å². The largest absolute Gasteiger partial charge is 0.463 e. The minimum absolute atomic E-state index is 0.0240. The molecular weight excluding hydrogens is 592 g/mol. The van der Waals surface area contributed by atoms with E-state index in [1.807, 2.05) is 39.9 Å². The highest BCUT2D eigenvalue weighted by Gasteiger charge is 2.52. The van der Waals surface area contributed by atoms with E-state index in [9.17, 15) is 19.5 Å². The number of esters is 1. The Morgan fingerprint density at radius 2 is 1.76 bits per heavy atom. The maximum Gasteiger partial charge on any atom is 0.319 e. The number of nitrogens with zero attached hydrogens (tertiary/aromatic N) is 4. The Hall–Kier alpha value is -1.67. The summed E-state index contributed by atoms with van der Waals surface area (Å²) in [6.45, 7) is 14.2. The Bertz CT molecular complexity index is 1110. The Balaban J connectivity index is 1.90. The lowest BCUT2D eigenvalue weighted by Gasteiger charge is -2.48. The van der Waals surface area contributed by atoms with Crippen LogP contribution >= 0.6 is 0 Å². The molecule has 0 saturated carbocycles. The van der Waals surface area contributed by atoms with Crippen LogP contribution in [0, 0.1) is 23.2 Å². The summed E-state index contributed by atoms with van der Waals surface area (Å²) in [7, 11) is 7.12. The van der Waals surface area contributed by atoms with Crippen LogP contribution in [-0.4, -0.2) is 159 Å². The van der Waals surface area contributed by atoms with Gasteiger partial charge in [0.1, 0.15) is 18.1 Å². The Labute approximate surface area is 279 Å². The lowest BCUT2D eigenvalue weighted by Crippen LogP contribution is -2.62. The number of carbonyl (C=O) groups is 3. The average Bonchev–Trinajstić information content (AvgIpc) is 3.00. The molecule has 10 atom stereocenters. The molecule has 1 amide bonds. The van der Waals surface area contributed by atoms with Crippen LogP contribution < -0.4 is 0 Å². The molecule has 3 aliphatic rings. The quantitative estimate of drug-likeness (QED) is 0.319. The number of likely N-dealkylation sites (tertiary alicyclic amines) is 1. The standard InChI is InChI=1S/C34H62N4O8/c1-20-15-34(7,43-13)29(46-31-27(39)25(36(10)11)14-21(2)45-31)22(3)28(40)33(5,6)32(42)44-19-26(37(12)16-20)24-17-38(18-24)30(41)23(4)35(8)9/h20-27,29,31,39H,14-19H2,1-13H3/t20-,21-,22+,23+,25+,26-,27-,29-,31+,34-/m1/s1/i8D,9D. The molecule has 3 saturated heterocycles. The number of methoxy groups -OCH3 is 1. The van der Waals surface area contributed by atoms with Gasteiger partial charge in [-0.2, -0.15) is 0 Å². The molecule has 0 radical (unpaired) electrons. The van der Waals surface area contributed by atoms with Gasteiger partial charge < -0.3 is 33.9 Å². The van der Waals surface area contributed by atoms with E-state index in [1.165, 1.54) is 4.90 Å². The zero-order valence-electron chi connectivity index (χ0n) is 32.0. The number of aliphatic hydroxyl groups is 1. The third kappa shape index (κ3) is 8.30. The second-order valence-electron chi connectivity index (χ2n) is 15.1. The van der Waals surface area contributed by atoms with Gasteiger partial charge in [-0.3, -0.25) is 24.2 Å². The van der Waals surface area contributed by atoms with E-state index in [1.54, 1.807) is 39.7 Å². The highest BCUT2D eigenvalue weighted by atomic mass is 16.7. The molecule has 3 fully saturated rings. The lowest BCUT2D eigenvalue weighted by molar-refractivity contribution is -0.295. The Morgan fingerprint density at radius 3 is 2.33 bits per heavy atom. The maximum absolute atomic E-state index is 14.2. The van der Waals surface area contributed by atoms with Crippen molar-refractivity contribution in [2.75, 3.05) is 68.5 Å². The van der Waals surface area contributed by atoms with Crippen LogP contribution in [0.4, 0.5) is 0 Å². The second-order valence-corrected chi connectivity index (χ2v) is 15.1. The van der Waals surface area contributed by atoms with Gasteiger partial charge in [-0.05, 0) is 88.6 Å². The van der Waals surface area contributed by atoms with Crippen LogP contribution in [0.2, 0.25) is 0 Å². The van der Waals surface area contributed by atoms with E-state index in [0.717, 1.165) is 0 Å². The van der Waals surface area contributed by atoms with Gasteiger partial charge in [0.05, 0.1) is 23.9 Å². The summed E-state index contributed by atoms with van der Waals surface area (Å²) in [4.78, 5) is 48.3. The summed E-state index contributed by atoms with van der Waals surface area (Å²) < 4.78 is 40.1. The first-order valence-corrected chi connectivity index (χ1v) is 16.6. The molecule has 0 aromatic rings. The highest BCUT2D eigenvalue weighted by molar-refractivity contribution is 6.04. The summed E-state index contributed by atoms with van der Waals surface area (Å²) in [5.41, 5.74) is -2.50. The summed E-state index contributed by atoms with van der Waals surface area (Å²) in [6, 6.07) is -0.983. The van der Waals surface area contributed by atoms with Gasteiger partial charge in [-0.25, -0.2) is 0 Å². The smallest absolute Gasteiger partial charge is 0.319 e. The van der Waals surface area contributed by atoms with Crippen molar-refractivity contribution in [3.8, 4) is 0 Å². The van der Waals surface area contributed by atoms with Gasteiger partial charge in [-0.1, -0.05) is 13.8 Å². The molecule has 46 heavy (non-hydrogen) atoms. The molecule has 0 bridgehead atoms. The third-order valence-corrected chi connectivity index (χ3v) is 10.6. The highest BCUT2D eigenvalue weighted by Crippen LogP contribution is 2.38. The van der Waals surface area contributed by atoms with Crippen molar-refractivity contribution < 1.29 is 41.2 Å². The van der Waals surface area contributed by atoms with Gasteiger partial charge in [0.15, 0.2) is 12.1 Å². The number of likely N-dealkylation sites (N-methyl/N-ethyl adjacent to an activating group) is 3. The predicted octanol–water partition coefficient (Wildman–Crippen LogP) is 1.73. The van der Waals surface area contributed by atoms with Crippen molar-refractivity contribution in [2.45, 2.75) is 110 Å². The molecule has 0 aromatic heterocycles. The van der Waals surface area contributed by atoms with E-state index >= 15 is 0 Å². The number of rotatable bonds is 7. The van der Waals surface area contributed by atoms with Crippen LogP contribution in [0.5, 0.6) is 0 Å². The van der Waals surface area contributed by atoms with Crippen molar-refractivity contribution in [3.63, 3.8) is 0 Å². The van der Waals surface area contributed by atoms with Crippen molar-refractivity contribution in [1.82, 2.24) is 19.6 Å². The van der Waals surface area contributed by atoms with Gasteiger partial charge >= 0.3 is 5.97 Å². The summed E-state index contributed by atoms with van der Waals surface area (Å²) >= 11 is 0. The molecule has 0 spiro atoms. The fourth-order valence-electron chi connectivity index (χ4n) is 7.42. The predicted molar refractivity (Wildman–Crippen MR) is 175 cm³/mol. The SMILES string of the molecule is [2H]CN(C[2H])[C@@H](C)C(=O)N1CC([C@H]2COC(=O)C(C)(C)C(=O)[C@H](C)[C@@H](O[C@@H]3O[C@H](C)C[C@H](N(C)C)[C@H]3O)[C@](C)(OC)C[C@@H](C)CN2C)C1. The number of ether oxygens (including phenoxy) is 4. The first-order chi connectivity index (χ1) is 22.3. The van der Waals surface area contributed by atoms with Crippen molar-refractivity contribution in [2.24, 2.45) is 23.2 Å². The van der Waals surface area contributed by atoms with Crippen LogP contribution in [0.15, 0.2) is 0 Å². The molecule has 0 unspecified atom stereocenters. The molecular formula is C34H62N4O8. The number of carbonyl (C=O) groups excluding carboxylic acids is 3. The summed E-state index contributed by atoms with van der Waals surface area (Å²) in [6.07, 6.45) is -1.89. The fourth-order valence-corrected chi connectivity index (χ4v) is 7.42. The van der Waals surface area contributed by atoms with Crippen LogP contribution in [0.25, 0.3) is 0 Å². The molecule has 12 nitrogen and oxygen atoms in total. The second kappa shape index (κ2) is 15.3. The number of hydrogen-bond acceptors (Lipinski definition) is 11. The van der Waals surface area contributed by atoms with Crippen molar-refractivity contribution in [1.29, 1.82) is 0 Å². The number of Topliss-reactive ketones (excluding diaryl/α,β-unsaturated/α-hetero) is 1. The number of hydrogen-bond donors (Lipinski definition) is 1. The number of ketones is 1. The molecule has 12 heteroatoms. The van der Waals surface area contributed by atoms with E-state index in [4.69, 9.17) is 21.7 Å². The van der Waals surface area contributed by atoms with Crippen molar-refractivity contribution >= 4 is 17.7 Å². The Kier molecular flexibility index (Phi) is 11.8. The monoisotopic (exact) mass is 656 g/mol. The van der Waals surface area contributed by atoms with E-state index in [-0.39, 0.29) is 62.4 Å². The zero-order valence-corrected chi connectivity index (χ0v) is 30.0. The normalized spacial score (nSPS) is 38.6. The van der Waals surface area contributed by atoms with Crippen LogP contribution in [0.3, 0.4) is 0 Å². The number of cyclic esters (lactones) is 1. The molecule has 0 aliphatic carbocycles. The van der Waals surface area contributed by atoms with E-state index in [2.05, 4.69) is 11.8 Å². The maximum atomic E-state index is 14.2. The minimum Gasteiger partial charge on any atom is -0.463 e. The summed E-state index contributed by atoms with van der Waals surface area (Å²) in [5, 5.41) is 11.3. The van der Waals surface area contributed by atoms with Crippen LogP contribution in [-0.2, 0) is 33.3 Å². The average molecular weight is 657 g/mol. The summed E-state index contributed by atoms with van der Waals surface area (Å²) in [5.74, 6) is -1.86. The molecule has 3 aliphatic heterocycles. The topological polar surface area (TPSA) is 121 Å². The van der Waals surface area contributed by atoms with E-state index < -0.39 is 47.4 Å². The van der Waals surface area contributed by atoms with Crippen LogP contribution in [0.1, 0.15) is 64.0 Å². The molecule has 266 valence electrons. The zero-order chi connectivity index (χ0) is 36.3. The number of amides is 1. The molecule has 3 rings (SSSR count). The molecule has 1 N–H and O–H groups in total. The molecule has 3 heterocycles. The first-order valence-electron chi connectivity index (χ1n) is 18.0. The van der Waals surface area contributed by atoms with Gasteiger partial charge in [0, 0.05) is 53.4 Å². The van der Waals surface area contributed by atoms with Gasteiger partial charge in [-0.15, -0.1) is 0 Å². The fraction of sp³-hybridized carbons (Fsp3) is 0.912. The first kappa shape index (κ1) is 35.6. The van der Waals surface area contributed by atoms with Gasteiger partial charge in [0.25, 0.3) is 0 Å². The third-order valence-electron chi connectivity index (χ3n) is 10.6. The van der Waals surface area contributed by atoms with Gasteiger partial charge in [0.2, 0.25) is 5.91 Å².